The molecule has 0 aliphatic heterocycles. The average Bonchev–Trinajstić information content (AvgIpc) is 2.93. The van der Waals surface area contributed by atoms with E-state index >= 15 is 0 Å². The van der Waals surface area contributed by atoms with Crippen LogP contribution in [0.3, 0.4) is 0 Å². The lowest BCUT2D eigenvalue weighted by atomic mass is 10.1. The van der Waals surface area contributed by atoms with Gasteiger partial charge < -0.3 is 9.73 Å². The second kappa shape index (κ2) is 7.64. The zero-order valence-corrected chi connectivity index (χ0v) is 15.0. The number of carbonyl (C=O) groups is 1. The number of thioether (sulfide) groups is 1. The van der Waals surface area contributed by atoms with Crippen LogP contribution in [0.5, 0.6) is 0 Å². The first kappa shape index (κ1) is 17.5. The number of carbonyl (C=O) groups excluding carboxylic acids is 1. The fourth-order valence-corrected chi connectivity index (χ4v) is 2.65. The molecule has 2 rings (SSSR count). The molecule has 1 heterocycles. The van der Waals surface area contributed by atoms with Crippen LogP contribution in [0.4, 0.5) is 0 Å². The molecule has 0 radical (unpaired) electrons. The van der Waals surface area contributed by atoms with Gasteiger partial charge in [0.05, 0.1) is 5.75 Å². The smallest absolute Gasteiger partial charge is 0.277 e. The van der Waals surface area contributed by atoms with Crippen molar-refractivity contribution in [1.82, 2.24) is 15.5 Å². The molecule has 2 aromatic rings. The van der Waals surface area contributed by atoms with E-state index < -0.39 is 0 Å². The van der Waals surface area contributed by atoms with E-state index in [0.717, 1.165) is 16.7 Å². The van der Waals surface area contributed by atoms with Crippen molar-refractivity contribution in [3.8, 4) is 11.5 Å². The van der Waals surface area contributed by atoms with Crippen LogP contribution in [0.1, 0.15) is 31.9 Å². The van der Waals surface area contributed by atoms with Crippen molar-refractivity contribution in [2.75, 3.05) is 5.75 Å². The molecule has 0 aliphatic carbocycles. The normalized spacial score (nSPS) is 12.4. The Hall–Kier alpha value is -1.82. The number of nitrogens with one attached hydrogen (secondary N) is 1. The average molecular weight is 333 g/mol. The summed E-state index contributed by atoms with van der Waals surface area (Å²) in [5.74, 6) is 1.13. The van der Waals surface area contributed by atoms with Crippen LogP contribution in [-0.4, -0.2) is 27.9 Å². The van der Waals surface area contributed by atoms with Gasteiger partial charge in [-0.15, -0.1) is 10.2 Å². The van der Waals surface area contributed by atoms with Crippen molar-refractivity contribution in [2.24, 2.45) is 5.92 Å². The van der Waals surface area contributed by atoms with E-state index in [1.165, 1.54) is 11.8 Å². The molecule has 1 aromatic carbocycles. The van der Waals surface area contributed by atoms with E-state index in [9.17, 15) is 4.79 Å². The molecule has 1 atom stereocenters. The second-order valence-corrected chi connectivity index (χ2v) is 7.06. The Labute approximate surface area is 141 Å². The Bertz CT molecular complexity index is 662. The fourth-order valence-electron chi connectivity index (χ4n) is 2.07. The minimum Gasteiger partial charge on any atom is -0.411 e. The van der Waals surface area contributed by atoms with E-state index in [2.05, 4.69) is 35.4 Å². The van der Waals surface area contributed by atoms with Crippen molar-refractivity contribution >= 4 is 17.7 Å². The van der Waals surface area contributed by atoms with Gasteiger partial charge in [-0.05, 0) is 38.8 Å². The topological polar surface area (TPSA) is 68.0 Å². The summed E-state index contributed by atoms with van der Waals surface area (Å²) in [4.78, 5) is 11.9. The number of hydrogen-bond acceptors (Lipinski definition) is 5. The monoisotopic (exact) mass is 333 g/mol. The highest BCUT2D eigenvalue weighted by Gasteiger charge is 2.14. The fraction of sp³-hybridized carbons (Fsp3) is 0.471. The Balaban J connectivity index is 1.96. The van der Waals surface area contributed by atoms with Crippen LogP contribution < -0.4 is 5.32 Å². The van der Waals surface area contributed by atoms with E-state index in [0.29, 0.717) is 17.0 Å². The highest BCUT2D eigenvalue weighted by molar-refractivity contribution is 7.99. The molecule has 23 heavy (non-hydrogen) atoms. The lowest BCUT2D eigenvalue weighted by molar-refractivity contribution is -0.119. The van der Waals surface area contributed by atoms with Gasteiger partial charge >= 0.3 is 0 Å². The van der Waals surface area contributed by atoms with Crippen LogP contribution in [-0.2, 0) is 4.79 Å². The van der Waals surface area contributed by atoms with Crippen molar-refractivity contribution in [1.29, 1.82) is 0 Å². The third-order valence-electron chi connectivity index (χ3n) is 3.59. The number of nitrogens with zero attached hydrogens (tertiary/aromatic N) is 2. The first-order chi connectivity index (χ1) is 10.8. The zero-order valence-electron chi connectivity index (χ0n) is 14.2. The van der Waals surface area contributed by atoms with Gasteiger partial charge in [0.1, 0.15) is 0 Å². The third kappa shape index (κ3) is 5.10. The summed E-state index contributed by atoms with van der Waals surface area (Å²) < 4.78 is 5.64. The Kier molecular flexibility index (Phi) is 5.82. The molecule has 1 amide bonds. The van der Waals surface area contributed by atoms with Crippen molar-refractivity contribution in [3.05, 3.63) is 29.3 Å². The van der Waals surface area contributed by atoms with Gasteiger partial charge in [0, 0.05) is 11.6 Å². The molecular formula is C17H23N3O2S. The molecule has 5 nitrogen and oxygen atoms in total. The standard InChI is InChI=1S/C17H23N3O2S/c1-10(2)13(5)18-15(21)9-23-17-20-19-16(22-17)14-7-11(3)6-12(4)8-14/h6-8,10,13H,9H2,1-5H3,(H,18,21)/t13-/m0/s1. The molecule has 1 N–H and O–H groups in total. The van der Waals surface area contributed by atoms with Crippen LogP contribution in [0.25, 0.3) is 11.5 Å². The Morgan fingerprint density at radius 1 is 1.17 bits per heavy atom. The van der Waals surface area contributed by atoms with Gasteiger partial charge in [0.15, 0.2) is 0 Å². The molecule has 0 aliphatic rings. The summed E-state index contributed by atoms with van der Waals surface area (Å²) in [5, 5.41) is 11.4. The van der Waals surface area contributed by atoms with Crippen LogP contribution in [0.2, 0.25) is 0 Å². The van der Waals surface area contributed by atoms with Crippen LogP contribution in [0, 0.1) is 19.8 Å². The van der Waals surface area contributed by atoms with Crippen molar-refractivity contribution < 1.29 is 9.21 Å². The van der Waals surface area contributed by atoms with Gasteiger partial charge in [-0.2, -0.15) is 0 Å². The molecule has 0 saturated carbocycles. The summed E-state index contributed by atoms with van der Waals surface area (Å²) in [6, 6.07) is 6.25. The van der Waals surface area contributed by atoms with Crippen LogP contribution in [0.15, 0.2) is 27.8 Å². The summed E-state index contributed by atoms with van der Waals surface area (Å²) in [6.45, 7) is 10.2. The number of amides is 1. The Morgan fingerprint density at radius 2 is 1.83 bits per heavy atom. The molecule has 0 bridgehead atoms. The number of aryl methyl sites for hydroxylation is 2. The molecule has 0 unspecified atom stereocenters. The number of benzene rings is 1. The summed E-state index contributed by atoms with van der Waals surface area (Å²) >= 11 is 1.25. The minimum atomic E-state index is -0.0256. The van der Waals surface area contributed by atoms with E-state index in [4.69, 9.17) is 4.42 Å². The Morgan fingerprint density at radius 3 is 2.43 bits per heavy atom. The molecule has 0 fully saturated rings. The predicted molar refractivity (Wildman–Crippen MR) is 92.4 cm³/mol. The highest BCUT2D eigenvalue weighted by atomic mass is 32.2. The molecule has 1 aromatic heterocycles. The molecular weight excluding hydrogens is 310 g/mol. The summed E-state index contributed by atoms with van der Waals surface area (Å²) in [7, 11) is 0. The van der Waals surface area contributed by atoms with Gasteiger partial charge in [0.2, 0.25) is 11.8 Å². The van der Waals surface area contributed by atoms with E-state index in [1.54, 1.807) is 0 Å². The maximum Gasteiger partial charge on any atom is 0.277 e. The third-order valence-corrected chi connectivity index (χ3v) is 4.41. The largest absolute Gasteiger partial charge is 0.411 e. The van der Waals surface area contributed by atoms with Crippen molar-refractivity contribution in [2.45, 2.75) is 45.9 Å². The highest BCUT2D eigenvalue weighted by Crippen LogP contribution is 2.24. The molecule has 124 valence electrons. The maximum absolute atomic E-state index is 11.9. The van der Waals surface area contributed by atoms with Gasteiger partial charge in [-0.1, -0.05) is 42.8 Å². The minimum absolute atomic E-state index is 0.0256. The number of aromatic nitrogens is 2. The molecule has 6 heteroatoms. The lowest BCUT2D eigenvalue weighted by Crippen LogP contribution is -2.37. The SMILES string of the molecule is Cc1cc(C)cc(-c2nnc(SCC(=O)N[C@@H](C)C(C)C)o2)c1. The van der Waals surface area contributed by atoms with Crippen molar-refractivity contribution in [3.63, 3.8) is 0 Å². The van der Waals surface area contributed by atoms with E-state index in [-0.39, 0.29) is 17.7 Å². The van der Waals surface area contributed by atoms with Gasteiger partial charge in [0.25, 0.3) is 5.22 Å². The summed E-state index contributed by atoms with van der Waals surface area (Å²) in [5.41, 5.74) is 3.20. The number of hydrogen-bond donors (Lipinski definition) is 1. The molecule has 0 spiro atoms. The lowest BCUT2D eigenvalue weighted by Gasteiger charge is -2.16. The first-order valence-corrected chi connectivity index (χ1v) is 8.68. The summed E-state index contributed by atoms with van der Waals surface area (Å²) in [6.07, 6.45) is 0. The first-order valence-electron chi connectivity index (χ1n) is 7.69. The quantitative estimate of drug-likeness (QED) is 0.818. The van der Waals surface area contributed by atoms with Gasteiger partial charge in [-0.25, -0.2) is 0 Å². The van der Waals surface area contributed by atoms with Crippen LogP contribution >= 0.6 is 11.8 Å². The zero-order chi connectivity index (χ0) is 17.0. The van der Waals surface area contributed by atoms with E-state index in [1.807, 2.05) is 32.9 Å². The molecule has 0 saturated heterocycles. The maximum atomic E-state index is 11.9. The number of rotatable bonds is 6. The predicted octanol–water partition coefficient (Wildman–Crippen LogP) is 3.61. The second-order valence-electron chi connectivity index (χ2n) is 6.14. The van der Waals surface area contributed by atoms with Gasteiger partial charge in [-0.3, -0.25) is 4.79 Å².